The van der Waals surface area contributed by atoms with E-state index in [-0.39, 0.29) is 15.7 Å². The van der Waals surface area contributed by atoms with E-state index in [4.69, 9.17) is 0 Å². The molecule has 1 aliphatic carbocycles. The molecule has 0 bridgehead atoms. The fourth-order valence-corrected chi connectivity index (χ4v) is 5.01. The molecule has 1 fully saturated rings. The normalized spacial score (nSPS) is 25.2. The summed E-state index contributed by atoms with van der Waals surface area (Å²) in [5.41, 5.74) is 0. The number of nitrogens with zero attached hydrogens (tertiary/aromatic N) is 3. The predicted octanol–water partition coefficient (Wildman–Crippen LogP) is 1.82. The molecule has 6 nitrogen and oxygen atoms in total. The Balaban J connectivity index is 2.21. The minimum Gasteiger partial charge on any atom is -0.235 e. The number of hydrogen-bond donors (Lipinski definition) is 1. The molecular weight excluding hydrogens is 332 g/mol. The molecular formula is C11H19BrN4O2S. The number of rotatable bonds is 3. The number of halogens is 1. The molecule has 1 saturated carbocycles. The lowest BCUT2D eigenvalue weighted by molar-refractivity contribution is 0.398. The van der Waals surface area contributed by atoms with Crippen molar-refractivity contribution in [3.05, 3.63) is 4.60 Å². The molecule has 1 N–H and O–H groups in total. The van der Waals surface area contributed by atoms with Crippen molar-refractivity contribution in [2.75, 3.05) is 0 Å². The third kappa shape index (κ3) is 3.35. The Morgan fingerprint density at radius 1 is 1.32 bits per heavy atom. The van der Waals surface area contributed by atoms with Gasteiger partial charge in [-0.1, -0.05) is 31.4 Å². The second-order valence-electron chi connectivity index (χ2n) is 5.15. The minimum atomic E-state index is -3.59. The maximum atomic E-state index is 12.4. The predicted molar refractivity (Wildman–Crippen MR) is 75.1 cm³/mol. The molecule has 1 heterocycles. The van der Waals surface area contributed by atoms with Crippen molar-refractivity contribution in [2.24, 2.45) is 13.0 Å². The van der Waals surface area contributed by atoms with Gasteiger partial charge in [0, 0.05) is 13.1 Å². The molecule has 1 aliphatic rings. The molecule has 0 spiro atoms. The Bertz CT molecular complexity index is 523. The van der Waals surface area contributed by atoms with Crippen LogP contribution in [0.2, 0.25) is 0 Å². The van der Waals surface area contributed by atoms with Crippen molar-refractivity contribution in [3.63, 3.8) is 0 Å². The zero-order valence-corrected chi connectivity index (χ0v) is 13.5. The van der Waals surface area contributed by atoms with Crippen LogP contribution in [-0.4, -0.2) is 29.5 Å². The molecule has 0 amide bonds. The van der Waals surface area contributed by atoms with Crippen molar-refractivity contribution >= 4 is 26.0 Å². The molecule has 8 heteroatoms. The summed E-state index contributed by atoms with van der Waals surface area (Å²) < 4.78 is 29.2. The van der Waals surface area contributed by atoms with Gasteiger partial charge in [-0.3, -0.25) is 0 Å². The third-order valence-corrected chi connectivity index (χ3v) is 6.04. The highest BCUT2D eigenvalue weighted by Crippen LogP contribution is 2.25. The Morgan fingerprint density at radius 3 is 2.63 bits per heavy atom. The zero-order chi connectivity index (χ0) is 14.0. The lowest BCUT2D eigenvalue weighted by Crippen LogP contribution is -2.39. The smallest absolute Gasteiger partial charge is 0.235 e. The van der Waals surface area contributed by atoms with Crippen LogP contribution in [0.15, 0.2) is 9.63 Å². The van der Waals surface area contributed by atoms with Crippen LogP contribution in [0.3, 0.4) is 0 Å². The highest BCUT2D eigenvalue weighted by molar-refractivity contribution is 9.10. The Hall–Kier alpha value is -0.470. The maximum absolute atomic E-state index is 12.4. The first-order valence-electron chi connectivity index (χ1n) is 6.49. The summed E-state index contributed by atoms with van der Waals surface area (Å²) in [4.78, 5) is 0. The lowest BCUT2D eigenvalue weighted by Gasteiger charge is -2.22. The van der Waals surface area contributed by atoms with E-state index in [0.717, 1.165) is 19.3 Å². The van der Waals surface area contributed by atoms with Gasteiger partial charge in [0.2, 0.25) is 5.03 Å². The van der Waals surface area contributed by atoms with Gasteiger partial charge in [0.25, 0.3) is 10.0 Å². The Morgan fingerprint density at radius 2 is 2.00 bits per heavy atom. The summed E-state index contributed by atoms with van der Waals surface area (Å²) in [7, 11) is -2.01. The number of aryl methyl sites for hydroxylation is 1. The molecule has 2 atom stereocenters. The first kappa shape index (κ1) is 14.9. The van der Waals surface area contributed by atoms with Gasteiger partial charge in [-0.25, -0.2) is 17.8 Å². The van der Waals surface area contributed by atoms with E-state index in [1.807, 2.05) is 0 Å². The molecule has 0 saturated heterocycles. The average molecular weight is 351 g/mol. The molecule has 0 aliphatic heterocycles. The van der Waals surface area contributed by atoms with Crippen LogP contribution in [0.4, 0.5) is 0 Å². The highest BCUT2D eigenvalue weighted by atomic mass is 79.9. The minimum absolute atomic E-state index is 0.00528. The molecule has 0 radical (unpaired) electrons. The molecule has 2 unspecified atom stereocenters. The molecule has 1 aromatic rings. The fraction of sp³-hybridized carbons (Fsp3) is 0.818. The first-order valence-corrected chi connectivity index (χ1v) is 8.77. The second-order valence-corrected chi connectivity index (χ2v) is 7.53. The van der Waals surface area contributed by atoms with E-state index in [2.05, 4.69) is 37.9 Å². The summed E-state index contributed by atoms with van der Waals surface area (Å²) in [5.74, 6) is 0.359. The third-order valence-electron chi connectivity index (χ3n) is 3.66. The molecule has 19 heavy (non-hydrogen) atoms. The van der Waals surface area contributed by atoms with Crippen LogP contribution in [-0.2, 0) is 17.1 Å². The van der Waals surface area contributed by atoms with E-state index in [9.17, 15) is 8.42 Å². The Labute approximate surface area is 122 Å². The number of aromatic nitrogens is 3. The largest absolute Gasteiger partial charge is 0.260 e. The number of sulfonamides is 1. The monoisotopic (exact) mass is 350 g/mol. The van der Waals surface area contributed by atoms with Gasteiger partial charge >= 0.3 is 0 Å². The molecule has 2 rings (SSSR count). The summed E-state index contributed by atoms with van der Waals surface area (Å²) in [6.07, 6.45) is 5.39. The van der Waals surface area contributed by atoms with Crippen LogP contribution in [0.25, 0.3) is 0 Å². The van der Waals surface area contributed by atoms with Gasteiger partial charge in [0.15, 0.2) is 4.60 Å². The van der Waals surface area contributed by atoms with E-state index in [1.165, 1.54) is 17.5 Å². The van der Waals surface area contributed by atoms with E-state index in [0.29, 0.717) is 5.92 Å². The van der Waals surface area contributed by atoms with Gasteiger partial charge in [0.1, 0.15) is 0 Å². The summed E-state index contributed by atoms with van der Waals surface area (Å²) in [5, 5.41) is 7.52. The van der Waals surface area contributed by atoms with Crippen molar-refractivity contribution in [3.8, 4) is 0 Å². The van der Waals surface area contributed by atoms with Crippen molar-refractivity contribution in [2.45, 2.75) is 50.1 Å². The highest BCUT2D eigenvalue weighted by Gasteiger charge is 2.29. The van der Waals surface area contributed by atoms with Crippen molar-refractivity contribution in [1.29, 1.82) is 0 Å². The Kier molecular flexibility index (Phi) is 4.62. The standard InChI is InChI=1S/C11H19BrN4O2S/c1-8-6-4-3-5-7-9(8)14-19(17,18)11-10(12)13-15-16(11)2/h8-9,14H,3-7H2,1-2H3. The number of hydrogen-bond acceptors (Lipinski definition) is 4. The van der Waals surface area contributed by atoms with E-state index < -0.39 is 10.0 Å². The van der Waals surface area contributed by atoms with Crippen LogP contribution in [0.5, 0.6) is 0 Å². The maximum Gasteiger partial charge on any atom is 0.260 e. The summed E-state index contributed by atoms with van der Waals surface area (Å²) >= 11 is 3.13. The topological polar surface area (TPSA) is 76.9 Å². The van der Waals surface area contributed by atoms with Crippen LogP contribution in [0, 0.1) is 5.92 Å². The molecule has 108 valence electrons. The van der Waals surface area contributed by atoms with Gasteiger partial charge in [-0.2, -0.15) is 0 Å². The first-order chi connectivity index (χ1) is 8.92. The van der Waals surface area contributed by atoms with E-state index in [1.54, 1.807) is 7.05 Å². The fourth-order valence-electron chi connectivity index (χ4n) is 2.53. The lowest BCUT2D eigenvalue weighted by atomic mass is 9.98. The molecule has 1 aromatic heterocycles. The summed E-state index contributed by atoms with van der Waals surface area (Å²) in [6, 6.07) is -0.00528. The van der Waals surface area contributed by atoms with Crippen molar-refractivity contribution in [1.82, 2.24) is 19.7 Å². The van der Waals surface area contributed by atoms with Gasteiger partial charge in [-0.15, -0.1) is 5.10 Å². The second kappa shape index (κ2) is 5.88. The van der Waals surface area contributed by atoms with Crippen LogP contribution >= 0.6 is 15.9 Å². The van der Waals surface area contributed by atoms with Gasteiger partial charge in [-0.05, 0) is 34.7 Å². The quantitative estimate of drug-likeness (QED) is 0.843. The van der Waals surface area contributed by atoms with Crippen LogP contribution in [0.1, 0.15) is 39.0 Å². The zero-order valence-electron chi connectivity index (χ0n) is 11.1. The van der Waals surface area contributed by atoms with Gasteiger partial charge < -0.3 is 0 Å². The van der Waals surface area contributed by atoms with Crippen molar-refractivity contribution < 1.29 is 8.42 Å². The molecule has 0 aromatic carbocycles. The SMILES string of the molecule is CC1CCCCCC1NS(=O)(=O)c1c(Br)nnn1C. The van der Waals surface area contributed by atoms with Gasteiger partial charge in [0.05, 0.1) is 0 Å². The average Bonchev–Trinajstić information content (AvgIpc) is 2.54. The van der Waals surface area contributed by atoms with Crippen LogP contribution < -0.4 is 4.72 Å². The number of nitrogens with one attached hydrogen (secondary N) is 1. The van der Waals surface area contributed by atoms with E-state index >= 15 is 0 Å². The summed E-state index contributed by atoms with van der Waals surface area (Å²) in [6.45, 7) is 2.11.